The van der Waals surface area contributed by atoms with Crippen molar-refractivity contribution < 1.29 is 9.53 Å². The molecule has 2 fully saturated rings. The Morgan fingerprint density at radius 3 is 2.87 bits per heavy atom. The van der Waals surface area contributed by atoms with Crippen molar-refractivity contribution >= 4 is 18.3 Å². The quantitative estimate of drug-likeness (QED) is 0.901. The van der Waals surface area contributed by atoms with Crippen LogP contribution in [0.25, 0.3) is 0 Å². The summed E-state index contributed by atoms with van der Waals surface area (Å²) >= 11 is 0. The van der Waals surface area contributed by atoms with Gasteiger partial charge in [0.15, 0.2) is 0 Å². The first-order chi connectivity index (χ1) is 10.7. The lowest BCUT2D eigenvalue weighted by Crippen LogP contribution is -2.51. The number of nitrogens with one attached hydrogen (secondary N) is 1. The van der Waals surface area contributed by atoms with E-state index in [2.05, 4.69) is 42.3 Å². The lowest BCUT2D eigenvalue weighted by Gasteiger charge is -2.39. The highest BCUT2D eigenvalue weighted by atomic mass is 35.5. The monoisotopic (exact) mass is 338 g/mol. The van der Waals surface area contributed by atoms with Gasteiger partial charge in [0.25, 0.3) is 5.91 Å². The van der Waals surface area contributed by atoms with E-state index in [-0.39, 0.29) is 30.5 Å². The Hall–Kier alpha value is -1.10. The molecule has 0 aliphatic carbocycles. The zero-order valence-electron chi connectivity index (χ0n) is 14.0. The fourth-order valence-corrected chi connectivity index (χ4v) is 3.56. The molecule has 4 nitrogen and oxygen atoms in total. The molecule has 1 amide bonds. The summed E-state index contributed by atoms with van der Waals surface area (Å²) in [5.41, 5.74) is 3.91. The first kappa shape index (κ1) is 18.2. The maximum atomic E-state index is 12.9. The number of morpholine rings is 1. The van der Waals surface area contributed by atoms with Gasteiger partial charge in [-0.2, -0.15) is 0 Å². The van der Waals surface area contributed by atoms with Crippen molar-refractivity contribution in [2.45, 2.75) is 45.3 Å². The van der Waals surface area contributed by atoms with Crippen molar-refractivity contribution in [2.75, 3.05) is 26.2 Å². The third kappa shape index (κ3) is 3.87. The zero-order valence-corrected chi connectivity index (χ0v) is 14.8. The summed E-state index contributed by atoms with van der Waals surface area (Å²) in [6.07, 6.45) is 3.01. The van der Waals surface area contributed by atoms with Crippen LogP contribution in [0, 0.1) is 13.8 Å². The maximum absolute atomic E-state index is 12.9. The number of piperidine rings is 1. The molecule has 2 aliphatic heterocycles. The third-order valence-electron chi connectivity index (χ3n) is 4.99. The lowest BCUT2D eigenvalue weighted by atomic mass is 9.90. The molecule has 2 unspecified atom stereocenters. The number of aryl methyl sites for hydroxylation is 1. The van der Waals surface area contributed by atoms with Crippen LogP contribution in [-0.4, -0.2) is 43.2 Å². The molecule has 0 saturated carbocycles. The summed E-state index contributed by atoms with van der Waals surface area (Å²) in [5, 5.41) is 3.26. The molecule has 128 valence electrons. The van der Waals surface area contributed by atoms with Gasteiger partial charge in [0.1, 0.15) is 6.10 Å². The van der Waals surface area contributed by atoms with Gasteiger partial charge in [0.05, 0.1) is 12.6 Å². The fourth-order valence-electron chi connectivity index (χ4n) is 3.56. The molecule has 2 atom stereocenters. The van der Waals surface area contributed by atoms with E-state index in [1.54, 1.807) is 0 Å². The van der Waals surface area contributed by atoms with Crippen LogP contribution < -0.4 is 5.32 Å². The number of likely N-dealkylation sites (tertiary alicyclic amines) is 1. The van der Waals surface area contributed by atoms with Gasteiger partial charge in [-0.3, -0.25) is 4.79 Å². The van der Waals surface area contributed by atoms with E-state index in [0.29, 0.717) is 13.2 Å². The molecule has 1 aromatic carbocycles. The summed E-state index contributed by atoms with van der Waals surface area (Å²) < 4.78 is 5.68. The highest BCUT2D eigenvalue weighted by molar-refractivity contribution is 5.85. The number of ether oxygens (including phenoxy) is 1. The summed E-state index contributed by atoms with van der Waals surface area (Å²) in [6.45, 7) is 7.25. The predicted molar refractivity (Wildman–Crippen MR) is 94.1 cm³/mol. The number of rotatable bonds is 2. The smallest absolute Gasteiger partial charge is 0.253 e. The maximum Gasteiger partial charge on any atom is 0.253 e. The molecular weight excluding hydrogens is 312 g/mol. The minimum absolute atomic E-state index is 0. The molecule has 2 aliphatic rings. The largest absolute Gasteiger partial charge is 0.366 e. The molecule has 23 heavy (non-hydrogen) atoms. The van der Waals surface area contributed by atoms with Crippen LogP contribution in [-0.2, 0) is 9.53 Å². The Labute approximate surface area is 145 Å². The Bertz CT molecular complexity index is 544. The van der Waals surface area contributed by atoms with Gasteiger partial charge in [-0.1, -0.05) is 18.2 Å². The predicted octanol–water partition coefficient (Wildman–Crippen LogP) is 2.77. The van der Waals surface area contributed by atoms with Crippen molar-refractivity contribution in [3.8, 4) is 0 Å². The van der Waals surface area contributed by atoms with Gasteiger partial charge in [0, 0.05) is 19.6 Å². The average molecular weight is 339 g/mol. The van der Waals surface area contributed by atoms with Gasteiger partial charge < -0.3 is 15.0 Å². The second kappa shape index (κ2) is 8.13. The number of hydrogen-bond acceptors (Lipinski definition) is 3. The fraction of sp³-hybridized carbons (Fsp3) is 0.611. The topological polar surface area (TPSA) is 41.6 Å². The SMILES string of the molecule is Cc1cccc(C2CCCCN2C(=O)C2CNCCO2)c1C.Cl. The van der Waals surface area contributed by atoms with Crippen molar-refractivity contribution in [3.05, 3.63) is 34.9 Å². The molecule has 1 aromatic rings. The van der Waals surface area contributed by atoms with Crippen LogP contribution in [0.4, 0.5) is 0 Å². The van der Waals surface area contributed by atoms with E-state index >= 15 is 0 Å². The summed E-state index contributed by atoms with van der Waals surface area (Å²) in [6, 6.07) is 6.63. The normalized spacial score (nSPS) is 24.9. The van der Waals surface area contributed by atoms with Crippen LogP contribution in [0.3, 0.4) is 0 Å². The van der Waals surface area contributed by atoms with Gasteiger partial charge in [0.2, 0.25) is 0 Å². The number of halogens is 1. The van der Waals surface area contributed by atoms with E-state index in [4.69, 9.17) is 4.74 Å². The van der Waals surface area contributed by atoms with E-state index in [1.807, 2.05) is 0 Å². The van der Waals surface area contributed by atoms with Crippen molar-refractivity contribution in [1.82, 2.24) is 10.2 Å². The van der Waals surface area contributed by atoms with Gasteiger partial charge >= 0.3 is 0 Å². The van der Waals surface area contributed by atoms with E-state index in [9.17, 15) is 4.79 Å². The highest BCUT2D eigenvalue weighted by Crippen LogP contribution is 2.34. The average Bonchev–Trinajstić information content (AvgIpc) is 2.57. The molecule has 2 heterocycles. The number of amides is 1. The Morgan fingerprint density at radius 2 is 2.13 bits per heavy atom. The molecule has 0 radical (unpaired) electrons. The summed E-state index contributed by atoms with van der Waals surface area (Å²) in [4.78, 5) is 15.0. The highest BCUT2D eigenvalue weighted by Gasteiger charge is 2.34. The molecule has 0 bridgehead atoms. The van der Waals surface area contributed by atoms with Crippen LogP contribution in [0.15, 0.2) is 18.2 Å². The molecule has 0 spiro atoms. The lowest BCUT2D eigenvalue weighted by molar-refractivity contribution is -0.149. The van der Waals surface area contributed by atoms with Gasteiger partial charge in [-0.25, -0.2) is 0 Å². The minimum atomic E-state index is -0.320. The minimum Gasteiger partial charge on any atom is -0.366 e. The number of nitrogens with zero attached hydrogens (tertiary/aromatic N) is 1. The second-order valence-corrected chi connectivity index (χ2v) is 6.40. The van der Waals surface area contributed by atoms with Crippen molar-refractivity contribution in [2.24, 2.45) is 0 Å². The number of benzene rings is 1. The third-order valence-corrected chi connectivity index (χ3v) is 4.99. The first-order valence-electron chi connectivity index (χ1n) is 8.37. The second-order valence-electron chi connectivity index (χ2n) is 6.40. The zero-order chi connectivity index (χ0) is 15.5. The van der Waals surface area contributed by atoms with E-state index < -0.39 is 0 Å². The van der Waals surface area contributed by atoms with Crippen LogP contribution in [0.1, 0.15) is 42.0 Å². The summed E-state index contributed by atoms with van der Waals surface area (Å²) in [5.74, 6) is 0.151. The van der Waals surface area contributed by atoms with E-state index in [0.717, 1.165) is 25.9 Å². The van der Waals surface area contributed by atoms with Crippen LogP contribution in [0.5, 0.6) is 0 Å². The van der Waals surface area contributed by atoms with Crippen LogP contribution >= 0.6 is 12.4 Å². The molecule has 2 saturated heterocycles. The molecular formula is C18H27ClN2O2. The Morgan fingerprint density at radius 1 is 1.30 bits per heavy atom. The summed E-state index contributed by atoms with van der Waals surface area (Å²) in [7, 11) is 0. The first-order valence-corrected chi connectivity index (χ1v) is 8.37. The van der Waals surface area contributed by atoms with E-state index in [1.165, 1.54) is 23.1 Å². The molecule has 0 aromatic heterocycles. The van der Waals surface area contributed by atoms with Crippen LogP contribution in [0.2, 0.25) is 0 Å². The Balaban J connectivity index is 0.00000192. The number of carbonyl (C=O) groups excluding carboxylic acids is 1. The molecule has 1 N–H and O–H groups in total. The molecule has 3 rings (SSSR count). The Kier molecular flexibility index (Phi) is 6.45. The van der Waals surface area contributed by atoms with Gasteiger partial charge in [-0.05, 0) is 49.8 Å². The van der Waals surface area contributed by atoms with Crippen molar-refractivity contribution in [3.63, 3.8) is 0 Å². The number of hydrogen-bond donors (Lipinski definition) is 1. The van der Waals surface area contributed by atoms with Gasteiger partial charge in [-0.15, -0.1) is 12.4 Å². The molecule has 5 heteroatoms. The standard InChI is InChI=1S/C18H26N2O2.ClH/c1-13-6-5-7-15(14(13)2)16-8-3-4-10-20(16)18(21)17-12-19-9-11-22-17;/h5-7,16-17,19H,3-4,8-12H2,1-2H3;1H. The van der Waals surface area contributed by atoms with Crippen molar-refractivity contribution in [1.29, 1.82) is 0 Å². The number of carbonyl (C=O) groups is 1.